The summed E-state index contributed by atoms with van der Waals surface area (Å²) >= 11 is 0. The molecule has 0 bridgehead atoms. The van der Waals surface area contributed by atoms with Crippen molar-refractivity contribution in [3.8, 4) is 11.1 Å². The van der Waals surface area contributed by atoms with Gasteiger partial charge in [0.2, 0.25) is 0 Å². The smallest absolute Gasteiger partial charge is 0.194 e. The molecule has 2 aliphatic carbocycles. The lowest BCUT2D eigenvalue weighted by Gasteiger charge is -2.20. The molecule has 4 aromatic rings. The molecule has 0 fully saturated rings. The summed E-state index contributed by atoms with van der Waals surface area (Å²) in [5, 5.41) is 6.66. The van der Waals surface area contributed by atoms with Gasteiger partial charge in [0.05, 0.1) is 0 Å². The maximum absolute atomic E-state index is 13.1. The predicted molar refractivity (Wildman–Crippen MR) is 145 cm³/mol. The molecule has 2 aliphatic rings. The summed E-state index contributed by atoms with van der Waals surface area (Å²) in [5.41, 5.74) is 1.97. The standard InChI is InChI=1S/C22H10O2.4C2H6/c23-21-13-5-1-3-11-7-9-16-19(17(11)13)20-15(21)10-8-12-4-2-6-14(18(12)20)22(16)24;4*1-2/h1-10H;4*1-2H3. The van der Waals surface area contributed by atoms with Crippen molar-refractivity contribution in [3.63, 3.8) is 0 Å². The van der Waals surface area contributed by atoms with E-state index in [1.165, 1.54) is 0 Å². The van der Waals surface area contributed by atoms with E-state index in [1.54, 1.807) is 0 Å². The molecule has 2 heteroatoms. The van der Waals surface area contributed by atoms with E-state index in [4.69, 9.17) is 0 Å². The molecule has 0 aromatic heterocycles. The molecular formula is C30H34O2. The van der Waals surface area contributed by atoms with Crippen molar-refractivity contribution < 1.29 is 0 Å². The van der Waals surface area contributed by atoms with Crippen molar-refractivity contribution in [2.75, 3.05) is 0 Å². The Bertz CT molecular complexity index is 1370. The SMILES string of the molecule is CC.CC.CC.CC.O=c1c2ccc3cccc4c(=O)c5ccc6cccc1c6c5-c2c34. The van der Waals surface area contributed by atoms with Gasteiger partial charge in [-0.15, -0.1) is 0 Å². The van der Waals surface area contributed by atoms with Crippen LogP contribution >= 0.6 is 0 Å². The van der Waals surface area contributed by atoms with Crippen molar-refractivity contribution in [2.24, 2.45) is 0 Å². The molecule has 0 spiro atoms. The van der Waals surface area contributed by atoms with Crippen molar-refractivity contribution in [2.45, 2.75) is 55.4 Å². The Kier molecular flexibility index (Phi) is 8.48. The maximum atomic E-state index is 13.1. The Morgan fingerprint density at radius 3 is 1.09 bits per heavy atom. The second kappa shape index (κ2) is 10.9. The summed E-state index contributed by atoms with van der Waals surface area (Å²) < 4.78 is 0. The van der Waals surface area contributed by atoms with E-state index in [2.05, 4.69) is 0 Å². The third-order valence-electron chi connectivity index (χ3n) is 5.32. The lowest BCUT2D eigenvalue weighted by atomic mass is 9.81. The third kappa shape index (κ3) is 3.54. The third-order valence-corrected chi connectivity index (χ3v) is 5.32. The summed E-state index contributed by atoms with van der Waals surface area (Å²) in [6.45, 7) is 16.0. The molecule has 0 unspecified atom stereocenters. The second-order valence-corrected chi connectivity index (χ2v) is 6.44. The second-order valence-electron chi connectivity index (χ2n) is 6.44. The number of hydrogen-bond acceptors (Lipinski definition) is 2. The molecule has 0 radical (unpaired) electrons. The van der Waals surface area contributed by atoms with Gasteiger partial charge < -0.3 is 0 Å². The van der Waals surface area contributed by atoms with Gasteiger partial charge in [0.15, 0.2) is 10.9 Å². The van der Waals surface area contributed by atoms with Crippen LogP contribution in [0, 0.1) is 0 Å². The number of rotatable bonds is 0. The summed E-state index contributed by atoms with van der Waals surface area (Å²) in [5.74, 6) is 0. The van der Waals surface area contributed by atoms with E-state index >= 15 is 0 Å². The molecule has 0 atom stereocenters. The molecule has 166 valence electrons. The highest BCUT2D eigenvalue weighted by Gasteiger charge is 2.24. The van der Waals surface area contributed by atoms with Gasteiger partial charge in [0.1, 0.15) is 0 Å². The average Bonchev–Trinajstić information content (AvgIpc) is 2.90. The number of hydrogen-bond donors (Lipinski definition) is 0. The van der Waals surface area contributed by atoms with Gasteiger partial charge in [-0.05, 0) is 22.9 Å². The Labute approximate surface area is 190 Å². The van der Waals surface area contributed by atoms with Gasteiger partial charge in [0, 0.05) is 43.4 Å². The van der Waals surface area contributed by atoms with Gasteiger partial charge in [-0.25, -0.2) is 0 Å². The first kappa shape index (κ1) is 25.0. The Hall–Kier alpha value is -3.26. The first-order chi connectivity index (χ1) is 15.8. The largest absolute Gasteiger partial charge is 0.289 e. The highest BCUT2D eigenvalue weighted by Crippen LogP contribution is 2.44. The van der Waals surface area contributed by atoms with Crippen molar-refractivity contribution in [1.82, 2.24) is 0 Å². The van der Waals surface area contributed by atoms with Crippen LogP contribution in [0.5, 0.6) is 0 Å². The first-order valence-electron chi connectivity index (χ1n) is 12.0. The Morgan fingerprint density at radius 2 is 0.750 bits per heavy atom. The van der Waals surface area contributed by atoms with Crippen LogP contribution in [-0.2, 0) is 0 Å². The molecule has 6 rings (SSSR count). The van der Waals surface area contributed by atoms with Crippen LogP contribution in [0.25, 0.3) is 54.2 Å². The molecule has 2 nitrogen and oxygen atoms in total. The van der Waals surface area contributed by atoms with Crippen molar-refractivity contribution in [1.29, 1.82) is 0 Å². The summed E-state index contributed by atoms with van der Waals surface area (Å²) in [6.07, 6.45) is 0. The van der Waals surface area contributed by atoms with Crippen LogP contribution in [0.2, 0.25) is 0 Å². The molecule has 0 N–H and O–H groups in total. The van der Waals surface area contributed by atoms with Gasteiger partial charge in [-0.2, -0.15) is 0 Å². The maximum Gasteiger partial charge on any atom is 0.194 e. The van der Waals surface area contributed by atoms with Crippen LogP contribution in [0.3, 0.4) is 0 Å². The molecule has 0 heterocycles. The van der Waals surface area contributed by atoms with E-state index in [9.17, 15) is 9.59 Å². The minimum atomic E-state index is 0.0475. The molecule has 0 saturated heterocycles. The van der Waals surface area contributed by atoms with Crippen LogP contribution in [0.1, 0.15) is 55.4 Å². The zero-order chi connectivity index (χ0) is 24.0. The molecule has 0 saturated carbocycles. The van der Waals surface area contributed by atoms with Gasteiger partial charge in [0.25, 0.3) is 0 Å². The fraction of sp³-hybridized carbons (Fsp3) is 0.267. The van der Waals surface area contributed by atoms with E-state index in [0.717, 1.165) is 32.7 Å². The molecule has 0 aliphatic heterocycles. The minimum Gasteiger partial charge on any atom is -0.289 e. The Balaban J connectivity index is 0.000000413. The molecule has 32 heavy (non-hydrogen) atoms. The molecule has 0 amide bonds. The van der Waals surface area contributed by atoms with Gasteiger partial charge in [-0.3, -0.25) is 9.59 Å². The average molecular weight is 427 g/mol. The summed E-state index contributed by atoms with van der Waals surface area (Å²) in [6, 6.07) is 19.2. The van der Waals surface area contributed by atoms with E-state index in [-0.39, 0.29) is 10.9 Å². The zero-order valence-corrected chi connectivity index (χ0v) is 20.6. The van der Waals surface area contributed by atoms with Crippen molar-refractivity contribution in [3.05, 3.63) is 81.1 Å². The van der Waals surface area contributed by atoms with Crippen molar-refractivity contribution >= 4 is 43.1 Å². The van der Waals surface area contributed by atoms with E-state index in [1.807, 2.05) is 116 Å². The Morgan fingerprint density at radius 1 is 0.406 bits per heavy atom. The van der Waals surface area contributed by atoms with Crippen LogP contribution in [0.15, 0.2) is 70.3 Å². The summed E-state index contributed by atoms with van der Waals surface area (Å²) in [4.78, 5) is 26.1. The van der Waals surface area contributed by atoms with Crippen LogP contribution in [-0.4, -0.2) is 0 Å². The fourth-order valence-corrected chi connectivity index (χ4v) is 4.32. The number of benzene rings is 6. The topological polar surface area (TPSA) is 34.1 Å². The fourth-order valence-electron chi connectivity index (χ4n) is 4.32. The highest BCUT2D eigenvalue weighted by molar-refractivity contribution is 6.28. The lowest BCUT2D eigenvalue weighted by molar-refractivity contribution is 1.50. The minimum absolute atomic E-state index is 0.0475. The summed E-state index contributed by atoms with van der Waals surface area (Å²) in [7, 11) is 0. The monoisotopic (exact) mass is 426 g/mol. The molecule has 4 aromatic carbocycles. The molecular weight excluding hydrogens is 392 g/mol. The van der Waals surface area contributed by atoms with Crippen LogP contribution < -0.4 is 10.9 Å². The highest BCUT2D eigenvalue weighted by atomic mass is 16.1. The van der Waals surface area contributed by atoms with Crippen LogP contribution in [0.4, 0.5) is 0 Å². The van der Waals surface area contributed by atoms with E-state index < -0.39 is 0 Å². The van der Waals surface area contributed by atoms with E-state index in [0.29, 0.717) is 21.5 Å². The van der Waals surface area contributed by atoms with Gasteiger partial charge >= 0.3 is 0 Å². The zero-order valence-electron chi connectivity index (χ0n) is 20.6. The predicted octanol–water partition coefficient (Wildman–Crippen LogP) is 8.54. The normalized spacial score (nSPS) is 10.1. The quantitative estimate of drug-likeness (QED) is 0.180. The van der Waals surface area contributed by atoms with Gasteiger partial charge in [-0.1, -0.05) is 104 Å². The first-order valence-corrected chi connectivity index (χ1v) is 12.0. The lowest BCUT2D eigenvalue weighted by Crippen LogP contribution is -2.12.